The van der Waals surface area contributed by atoms with E-state index < -0.39 is 43.8 Å². The van der Waals surface area contributed by atoms with E-state index in [4.69, 9.17) is 0 Å². The third-order valence-electron chi connectivity index (χ3n) is 2.46. The van der Waals surface area contributed by atoms with Gasteiger partial charge in [-0.3, -0.25) is 0 Å². The topological polar surface area (TPSA) is 72.5 Å². The summed E-state index contributed by atoms with van der Waals surface area (Å²) in [6.45, 7) is 1.25. The molecule has 0 bridgehead atoms. The lowest BCUT2D eigenvalue weighted by atomic mass is 10.2. The van der Waals surface area contributed by atoms with Crippen molar-refractivity contribution in [1.29, 1.82) is 0 Å². The number of halogens is 4. The van der Waals surface area contributed by atoms with Gasteiger partial charge in [-0.15, -0.1) is 0 Å². The fourth-order valence-electron chi connectivity index (χ4n) is 1.43. The summed E-state index contributed by atoms with van der Waals surface area (Å²) in [7, 11) is -4.71. The number of rotatable bonds is 4. The molecule has 0 amide bonds. The zero-order valence-electron chi connectivity index (χ0n) is 10.9. The predicted octanol–water partition coefficient (Wildman–Crippen LogP) is 2.09. The molecular formula is C11H11F4NO4S. The molecule has 0 aliphatic rings. The normalized spacial score (nSPS) is 13.6. The average Bonchev–Trinajstić information content (AvgIpc) is 2.38. The predicted molar refractivity (Wildman–Crippen MR) is 64.7 cm³/mol. The zero-order valence-corrected chi connectivity index (χ0v) is 11.7. The number of nitrogens with one attached hydrogen (secondary N) is 1. The standard InChI is InChI=1S/C11H11F4NO4S/c1-6(10(17)20-2)16-8-4-3-7(12)5-9(8)21(18,19)11(13,14)15/h3-6,16H,1-2H3. The summed E-state index contributed by atoms with van der Waals surface area (Å²) in [5.74, 6) is -1.98. The van der Waals surface area contributed by atoms with Crippen molar-refractivity contribution in [2.45, 2.75) is 23.4 Å². The molecule has 1 aromatic rings. The Hall–Kier alpha value is -1.84. The molecular weight excluding hydrogens is 318 g/mol. The molecule has 0 aliphatic heterocycles. The van der Waals surface area contributed by atoms with Crippen molar-refractivity contribution in [2.24, 2.45) is 0 Å². The zero-order chi connectivity index (χ0) is 16.4. The second-order valence-corrected chi connectivity index (χ2v) is 5.89. The smallest absolute Gasteiger partial charge is 0.467 e. The number of anilines is 1. The molecule has 0 spiro atoms. The highest BCUT2D eigenvalue weighted by Crippen LogP contribution is 2.35. The number of sulfone groups is 1. The molecule has 10 heteroatoms. The van der Waals surface area contributed by atoms with Crippen LogP contribution in [0.1, 0.15) is 6.92 Å². The van der Waals surface area contributed by atoms with Crippen LogP contribution in [0.4, 0.5) is 23.2 Å². The van der Waals surface area contributed by atoms with Gasteiger partial charge in [-0.05, 0) is 25.1 Å². The number of esters is 1. The van der Waals surface area contributed by atoms with Gasteiger partial charge < -0.3 is 10.1 Å². The molecule has 0 heterocycles. The van der Waals surface area contributed by atoms with Crippen LogP contribution in [0, 0.1) is 5.82 Å². The number of carbonyl (C=O) groups is 1. The van der Waals surface area contributed by atoms with E-state index in [9.17, 15) is 30.8 Å². The number of ether oxygens (including phenoxy) is 1. The Bertz CT molecular complexity index is 642. The molecule has 1 atom stereocenters. The van der Waals surface area contributed by atoms with Crippen LogP contribution >= 0.6 is 0 Å². The Kier molecular flexibility index (Phi) is 4.82. The van der Waals surface area contributed by atoms with Gasteiger partial charge in [0.05, 0.1) is 12.8 Å². The minimum absolute atomic E-state index is 0.231. The molecule has 1 unspecified atom stereocenters. The van der Waals surface area contributed by atoms with E-state index in [1.165, 1.54) is 6.92 Å². The van der Waals surface area contributed by atoms with E-state index >= 15 is 0 Å². The molecule has 0 radical (unpaired) electrons. The number of hydrogen-bond donors (Lipinski definition) is 1. The van der Waals surface area contributed by atoms with Crippen LogP contribution in [0.25, 0.3) is 0 Å². The lowest BCUT2D eigenvalue weighted by molar-refractivity contribution is -0.141. The first-order chi connectivity index (χ1) is 9.50. The Morgan fingerprint density at radius 2 is 1.90 bits per heavy atom. The van der Waals surface area contributed by atoms with Gasteiger partial charge in [-0.2, -0.15) is 13.2 Å². The van der Waals surface area contributed by atoms with Gasteiger partial charge in [-0.1, -0.05) is 0 Å². The fraction of sp³-hybridized carbons (Fsp3) is 0.364. The lowest BCUT2D eigenvalue weighted by Gasteiger charge is -2.17. The van der Waals surface area contributed by atoms with Crippen LogP contribution in [0.3, 0.4) is 0 Å². The van der Waals surface area contributed by atoms with E-state index in [1.807, 2.05) is 0 Å². The van der Waals surface area contributed by atoms with Crippen molar-refractivity contribution in [3.05, 3.63) is 24.0 Å². The third kappa shape index (κ3) is 3.63. The number of hydrogen-bond acceptors (Lipinski definition) is 5. The SMILES string of the molecule is COC(=O)C(C)Nc1ccc(F)cc1S(=O)(=O)C(F)(F)F. The average molecular weight is 329 g/mol. The Morgan fingerprint density at radius 3 is 2.38 bits per heavy atom. The van der Waals surface area contributed by atoms with Gasteiger partial charge in [0.2, 0.25) is 0 Å². The largest absolute Gasteiger partial charge is 0.501 e. The van der Waals surface area contributed by atoms with E-state index in [0.29, 0.717) is 0 Å². The van der Waals surface area contributed by atoms with Crippen molar-refractivity contribution < 1.29 is 35.5 Å². The summed E-state index contributed by atoms with van der Waals surface area (Å²) in [4.78, 5) is 9.91. The van der Waals surface area contributed by atoms with Gasteiger partial charge >= 0.3 is 11.5 Å². The monoisotopic (exact) mass is 329 g/mol. The van der Waals surface area contributed by atoms with E-state index in [2.05, 4.69) is 10.1 Å². The highest BCUT2D eigenvalue weighted by Gasteiger charge is 2.48. The maximum atomic E-state index is 13.1. The first-order valence-corrected chi connectivity index (χ1v) is 6.94. The van der Waals surface area contributed by atoms with E-state index in [1.54, 1.807) is 0 Å². The second kappa shape index (κ2) is 5.88. The van der Waals surface area contributed by atoms with E-state index in [-0.39, 0.29) is 6.07 Å². The van der Waals surface area contributed by atoms with Crippen LogP contribution < -0.4 is 5.32 Å². The first-order valence-electron chi connectivity index (χ1n) is 5.46. The number of carbonyl (C=O) groups excluding carboxylic acids is 1. The van der Waals surface area contributed by atoms with Crippen LogP contribution in [-0.4, -0.2) is 33.0 Å². The minimum atomic E-state index is -5.76. The van der Waals surface area contributed by atoms with Crippen LogP contribution in [0.15, 0.2) is 23.1 Å². The van der Waals surface area contributed by atoms with Crippen molar-refractivity contribution >= 4 is 21.5 Å². The number of alkyl halides is 3. The highest BCUT2D eigenvalue weighted by molar-refractivity contribution is 7.92. The Labute approximate surface area is 117 Å². The molecule has 5 nitrogen and oxygen atoms in total. The Morgan fingerprint density at radius 1 is 1.33 bits per heavy atom. The van der Waals surface area contributed by atoms with Crippen molar-refractivity contribution in [1.82, 2.24) is 0 Å². The third-order valence-corrected chi connectivity index (χ3v) is 3.99. The molecule has 118 valence electrons. The fourth-order valence-corrected chi connectivity index (χ4v) is 2.36. The van der Waals surface area contributed by atoms with Gasteiger partial charge in [0.25, 0.3) is 9.84 Å². The first kappa shape index (κ1) is 17.2. The molecule has 1 aromatic carbocycles. The number of methoxy groups -OCH3 is 1. The maximum Gasteiger partial charge on any atom is 0.501 e. The summed E-state index contributed by atoms with van der Waals surface area (Å²) in [6.07, 6.45) is 0. The summed E-state index contributed by atoms with van der Waals surface area (Å²) < 4.78 is 77.9. The molecule has 21 heavy (non-hydrogen) atoms. The van der Waals surface area contributed by atoms with Gasteiger partial charge in [0.15, 0.2) is 0 Å². The maximum absolute atomic E-state index is 13.1. The molecule has 0 aliphatic carbocycles. The molecule has 0 aromatic heterocycles. The molecule has 0 fully saturated rings. The van der Waals surface area contributed by atoms with Gasteiger partial charge in [0.1, 0.15) is 16.8 Å². The highest BCUT2D eigenvalue weighted by atomic mass is 32.2. The summed E-state index contributed by atoms with van der Waals surface area (Å²) in [5, 5.41) is 2.25. The van der Waals surface area contributed by atoms with Crippen LogP contribution in [-0.2, 0) is 19.4 Å². The molecule has 0 saturated heterocycles. The molecule has 1 rings (SSSR count). The lowest BCUT2D eigenvalue weighted by Crippen LogP contribution is -2.30. The summed E-state index contributed by atoms with van der Waals surface area (Å²) >= 11 is 0. The Balaban J connectivity index is 3.34. The molecule has 0 saturated carbocycles. The van der Waals surface area contributed by atoms with Crippen LogP contribution in [0.2, 0.25) is 0 Å². The van der Waals surface area contributed by atoms with Crippen molar-refractivity contribution in [3.63, 3.8) is 0 Å². The van der Waals surface area contributed by atoms with E-state index in [0.717, 1.165) is 19.2 Å². The van der Waals surface area contributed by atoms with Gasteiger partial charge in [-0.25, -0.2) is 17.6 Å². The van der Waals surface area contributed by atoms with Crippen molar-refractivity contribution in [2.75, 3.05) is 12.4 Å². The van der Waals surface area contributed by atoms with Gasteiger partial charge in [0, 0.05) is 0 Å². The summed E-state index contributed by atoms with van der Waals surface area (Å²) in [5.41, 5.74) is -6.14. The quantitative estimate of drug-likeness (QED) is 0.676. The molecule has 1 N–H and O–H groups in total. The van der Waals surface area contributed by atoms with Crippen LogP contribution in [0.5, 0.6) is 0 Å². The second-order valence-electron chi connectivity index (χ2n) is 3.98. The van der Waals surface area contributed by atoms with Crippen molar-refractivity contribution in [3.8, 4) is 0 Å². The minimum Gasteiger partial charge on any atom is -0.467 e. The number of benzene rings is 1. The summed E-state index contributed by atoms with van der Waals surface area (Å²) in [6, 6.07) is 0.673.